The Morgan fingerprint density at radius 1 is 1.53 bits per heavy atom. The third-order valence-electron chi connectivity index (χ3n) is 2.37. The first-order valence-corrected chi connectivity index (χ1v) is 5.61. The Morgan fingerprint density at radius 2 is 2.33 bits per heavy atom. The van der Waals surface area contributed by atoms with Gasteiger partial charge in [0, 0.05) is 17.6 Å². The predicted molar refractivity (Wildman–Crippen MR) is 61.9 cm³/mol. The molecular weight excluding hydrogens is 258 g/mol. The number of hydrogen-bond acceptors (Lipinski definition) is 3. The number of pyridine rings is 1. The molecule has 4 nitrogen and oxygen atoms in total. The van der Waals surface area contributed by atoms with Crippen molar-refractivity contribution in [3.63, 3.8) is 0 Å². The van der Waals surface area contributed by atoms with Crippen LogP contribution in [0.4, 0.5) is 5.82 Å². The summed E-state index contributed by atoms with van der Waals surface area (Å²) < 4.78 is 0.993. The number of nitrogens with zero attached hydrogens (tertiary/aromatic N) is 2. The lowest BCUT2D eigenvalue weighted by Gasteiger charge is -2.27. The van der Waals surface area contributed by atoms with Crippen LogP contribution in [0.15, 0.2) is 16.6 Å². The van der Waals surface area contributed by atoms with Gasteiger partial charge in [-0.15, -0.1) is 0 Å². The largest absolute Gasteiger partial charge is 0.353 e. The molecule has 1 aromatic rings. The maximum Gasteiger partial charge on any atom is 0.239 e. The summed E-state index contributed by atoms with van der Waals surface area (Å²) in [4.78, 5) is 17.6. The second kappa shape index (κ2) is 4.18. The molecule has 2 rings (SSSR count). The summed E-state index contributed by atoms with van der Waals surface area (Å²) in [5, 5.41) is 2.79. The highest BCUT2D eigenvalue weighted by molar-refractivity contribution is 9.10. The molecule has 0 saturated carbocycles. The fourth-order valence-electron chi connectivity index (χ4n) is 1.54. The summed E-state index contributed by atoms with van der Waals surface area (Å²) in [7, 11) is 0. The van der Waals surface area contributed by atoms with Gasteiger partial charge in [0.1, 0.15) is 5.82 Å². The van der Waals surface area contributed by atoms with Gasteiger partial charge in [0.05, 0.1) is 12.2 Å². The fourth-order valence-corrected chi connectivity index (χ4v) is 1.76. The number of carbonyl (C=O) groups excluding carboxylic acids is 1. The van der Waals surface area contributed by atoms with Crippen molar-refractivity contribution in [1.29, 1.82) is 0 Å². The molecule has 0 radical (unpaired) electrons. The van der Waals surface area contributed by atoms with Gasteiger partial charge in [0.25, 0.3) is 0 Å². The summed E-state index contributed by atoms with van der Waals surface area (Å²) >= 11 is 3.40. The lowest BCUT2D eigenvalue weighted by molar-refractivity contribution is -0.120. The van der Waals surface area contributed by atoms with Crippen molar-refractivity contribution in [1.82, 2.24) is 10.3 Å². The van der Waals surface area contributed by atoms with E-state index in [0.717, 1.165) is 22.5 Å². The second-order valence-electron chi connectivity index (χ2n) is 3.51. The summed E-state index contributed by atoms with van der Waals surface area (Å²) in [6.07, 6.45) is 0. The van der Waals surface area contributed by atoms with Crippen LogP contribution in [0.1, 0.15) is 5.69 Å². The van der Waals surface area contributed by atoms with Gasteiger partial charge in [-0.1, -0.05) is 0 Å². The first-order chi connectivity index (χ1) is 7.16. The normalized spacial score (nSPS) is 16.4. The molecular formula is C10H12BrN3O. The monoisotopic (exact) mass is 269 g/mol. The molecule has 0 spiro atoms. The van der Waals surface area contributed by atoms with E-state index in [1.165, 1.54) is 0 Å². The third kappa shape index (κ3) is 2.28. The lowest BCUT2D eigenvalue weighted by atomic mass is 10.3. The number of piperazine rings is 1. The zero-order valence-corrected chi connectivity index (χ0v) is 10.0. The Morgan fingerprint density at radius 3 is 3.00 bits per heavy atom. The highest BCUT2D eigenvalue weighted by Gasteiger charge is 2.17. The van der Waals surface area contributed by atoms with Crippen molar-refractivity contribution in [2.75, 3.05) is 24.5 Å². The molecule has 0 bridgehead atoms. The quantitative estimate of drug-likeness (QED) is 0.830. The molecule has 1 aromatic heterocycles. The molecule has 2 heterocycles. The van der Waals surface area contributed by atoms with Crippen LogP contribution in [0.3, 0.4) is 0 Å². The van der Waals surface area contributed by atoms with Crippen molar-refractivity contribution in [2.24, 2.45) is 0 Å². The van der Waals surface area contributed by atoms with Gasteiger partial charge in [-0.2, -0.15) is 0 Å². The minimum absolute atomic E-state index is 0.0589. The third-order valence-corrected chi connectivity index (χ3v) is 3.21. The molecule has 1 saturated heterocycles. The molecule has 1 N–H and O–H groups in total. The molecule has 0 unspecified atom stereocenters. The number of carbonyl (C=O) groups is 1. The van der Waals surface area contributed by atoms with Gasteiger partial charge in [0.2, 0.25) is 5.91 Å². The number of nitrogens with one attached hydrogen (secondary N) is 1. The van der Waals surface area contributed by atoms with Gasteiger partial charge < -0.3 is 10.2 Å². The van der Waals surface area contributed by atoms with E-state index in [2.05, 4.69) is 26.2 Å². The van der Waals surface area contributed by atoms with Gasteiger partial charge in [0.15, 0.2) is 0 Å². The van der Waals surface area contributed by atoms with E-state index in [9.17, 15) is 4.79 Å². The van der Waals surface area contributed by atoms with Crippen molar-refractivity contribution < 1.29 is 4.79 Å². The van der Waals surface area contributed by atoms with Crippen LogP contribution in [-0.4, -0.2) is 30.5 Å². The van der Waals surface area contributed by atoms with Gasteiger partial charge in [-0.05, 0) is 35.0 Å². The highest BCUT2D eigenvalue weighted by atomic mass is 79.9. The van der Waals surface area contributed by atoms with Crippen molar-refractivity contribution in [2.45, 2.75) is 6.92 Å². The maximum atomic E-state index is 11.2. The molecule has 15 heavy (non-hydrogen) atoms. The van der Waals surface area contributed by atoms with Crippen molar-refractivity contribution >= 4 is 27.7 Å². The second-order valence-corrected chi connectivity index (χ2v) is 4.36. The highest BCUT2D eigenvalue weighted by Crippen LogP contribution is 2.19. The van der Waals surface area contributed by atoms with Crippen molar-refractivity contribution in [3.05, 3.63) is 22.3 Å². The number of anilines is 1. The SMILES string of the molecule is Cc1nc(N2CCNC(=O)C2)ccc1Br. The predicted octanol–water partition coefficient (Wildman–Crippen LogP) is 1.09. The Balaban J connectivity index is 2.21. The molecule has 1 aliphatic heterocycles. The van der Waals surface area contributed by atoms with Gasteiger partial charge >= 0.3 is 0 Å². The van der Waals surface area contributed by atoms with Crippen LogP contribution in [0.5, 0.6) is 0 Å². The van der Waals surface area contributed by atoms with Crippen LogP contribution >= 0.6 is 15.9 Å². The molecule has 1 fully saturated rings. The Kier molecular flexibility index (Phi) is 2.90. The van der Waals surface area contributed by atoms with Crippen LogP contribution in [0, 0.1) is 6.92 Å². The number of hydrogen-bond donors (Lipinski definition) is 1. The summed E-state index contributed by atoms with van der Waals surface area (Å²) in [6.45, 7) is 3.85. The molecule has 1 aliphatic rings. The zero-order valence-electron chi connectivity index (χ0n) is 8.46. The Bertz CT molecular complexity index is 394. The molecule has 0 aliphatic carbocycles. The van der Waals surface area contributed by atoms with Crippen LogP contribution in [-0.2, 0) is 4.79 Å². The topological polar surface area (TPSA) is 45.2 Å². The Labute approximate surface area is 96.8 Å². The number of aryl methyl sites for hydroxylation is 1. The van der Waals surface area contributed by atoms with Gasteiger partial charge in [-0.3, -0.25) is 4.79 Å². The maximum absolute atomic E-state index is 11.2. The molecule has 5 heteroatoms. The average molecular weight is 270 g/mol. The van der Waals surface area contributed by atoms with Crippen LogP contribution in [0.2, 0.25) is 0 Å². The lowest BCUT2D eigenvalue weighted by Crippen LogP contribution is -2.48. The van der Waals surface area contributed by atoms with E-state index in [4.69, 9.17) is 0 Å². The number of aromatic nitrogens is 1. The number of amides is 1. The van der Waals surface area contributed by atoms with E-state index in [1.807, 2.05) is 24.0 Å². The summed E-state index contributed by atoms with van der Waals surface area (Å²) in [6, 6.07) is 3.89. The minimum Gasteiger partial charge on any atom is -0.353 e. The fraction of sp³-hybridized carbons (Fsp3) is 0.400. The van der Waals surface area contributed by atoms with Gasteiger partial charge in [-0.25, -0.2) is 4.98 Å². The molecule has 0 aromatic carbocycles. The first kappa shape index (κ1) is 10.4. The van der Waals surface area contributed by atoms with E-state index in [0.29, 0.717) is 13.1 Å². The van der Waals surface area contributed by atoms with Crippen molar-refractivity contribution in [3.8, 4) is 0 Å². The minimum atomic E-state index is 0.0589. The number of rotatable bonds is 1. The molecule has 80 valence electrons. The smallest absolute Gasteiger partial charge is 0.239 e. The molecule has 1 amide bonds. The standard InChI is InChI=1S/C10H12BrN3O/c1-7-8(11)2-3-9(13-7)14-5-4-12-10(15)6-14/h2-3H,4-6H2,1H3,(H,12,15). The Hall–Kier alpha value is -1.10. The first-order valence-electron chi connectivity index (χ1n) is 4.81. The summed E-state index contributed by atoms with van der Waals surface area (Å²) in [5.41, 5.74) is 0.943. The van der Waals surface area contributed by atoms with Crippen LogP contribution in [0.25, 0.3) is 0 Å². The van der Waals surface area contributed by atoms with E-state index in [-0.39, 0.29) is 5.91 Å². The number of halogens is 1. The summed E-state index contributed by atoms with van der Waals surface area (Å²) in [5.74, 6) is 0.925. The zero-order chi connectivity index (χ0) is 10.8. The molecule has 0 atom stereocenters. The van der Waals surface area contributed by atoms with Crippen LogP contribution < -0.4 is 10.2 Å². The van der Waals surface area contributed by atoms with E-state index < -0.39 is 0 Å². The average Bonchev–Trinajstić information content (AvgIpc) is 2.22. The van der Waals surface area contributed by atoms with E-state index >= 15 is 0 Å². The van der Waals surface area contributed by atoms with E-state index in [1.54, 1.807) is 0 Å².